The molecule has 0 aromatic heterocycles. The molecule has 3 aliphatic rings. The van der Waals surface area contributed by atoms with Gasteiger partial charge in [0.15, 0.2) is 11.5 Å². The fraction of sp³-hybridized carbons (Fsp3) is 0.448. The molecule has 3 heterocycles. The first kappa shape index (κ1) is 25.9. The molecular formula is C29H35N3O6. The Hall–Kier alpha value is -3.72. The number of hydrogen-bond donors (Lipinski definition) is 4. The zero-order valence-corrected chi connectivity index (χ0v) is 21.4. The van der Waals surface area contributed by atoms with Crippen LogP contribution in [0.5, 0.6) is 11.5 Å². The van der Waals surface area contributed by atoms with Crippen molar-refractivity contribution in [1.29, 1.82) is 0 Å². The molecule has 1 amide bonds. The van der Waals surface area contributed by atoms with Crippen LogP contribution in [-0.4, -0.2) is 59.5 Å². The summed E-state index contributed by atoms with van der Waals surface area (Å²) in [6, 6.07) is 13.2. The summed E-state index contributed by atoms with van der Waals surface area (Å²) in [5.41, 5.74) is 2.44. The summed E-state index contributed by atoms with van der Waals surface area (Å²) in [5, 5.41) is 25.5. The van der Waals surface area contributed by atoms with E-state index >= 15 is 0 Å². The van der Waals surface area contributed by atoms with Gasteiger partial charge in [0.05, 0.1) is 18.3 Å². The van der Waals surface area contributed by atoms with E-state index in [0.29, 0.717) is 49.0 Å². The summed E-state index contributed by atoms with van der Waals surface area (Å²) in [4.78, 5) is 26.7. The Balaban J connectivity index is 1.13. The van der Waals surface area contributed by atoms with Crippen LogP contribution in [0, 0.1) is 5.92 Å². The van der Waals surface area contributed by atoms with Crippen molar-refractivity contribution in [3.63, 3.8) is 0 Å². The predicted octanol–water partition coefficient (Wildman–Crippen LogP) is 3.91. The molecular weight excluding hydrogens is 486 g/mol. The first-order chi connectivity index (χ1) is 18.4. The van der Waals surface area contributed by atoms with Crippen LogP contribution in [-0.2, 0) is 4.79 Å². The van der Waals surface area contributed by atoms with Crippen molar-refractivity contribution >= 4 is 17.6 Å². The zero-order valence-electron chi connectivity index (χ0n) is 21.4. The highest BCUT2D eigenvalue weighted by molar-refractivity contribution is 5.95. The summed E-state index contributed by atoms with van der Waals surface area (Å²) < 4.78 is 10.9. The number of aliphatic carboxylic acids is 1. The van der Waals surface area contributed by atoms with E-state index in [1.54, 1.807) is 0 Å². The summed E-state index contributed by atoms with van der Waals surface area (Å²) in [6.45, 7) is 2.08. The van der Waals surface area contributed by atoms with Crippen LogP contribution in [0.4, 0.5) is 5.69 Å². The molecule has 0 aliphatic carbocycles. The number of benzene rings is 2. The number of carbonyl (C=O) groups is 2. The lowest BCUT2D eigenvalue weighted by molar-refractivity contribution is -0.137. The number of ether oxygens (including phenoxy) is 2. The van der Waals surface area contributed by atoms with E-state index < -0.39 is 5.97 Å². The molecule has 9 heteroatoms. The largest absolute Gasteiger partial charge is 0.481 e. The maximum Gasteiger partial charge on any atom is 0.303 e. The SMILES string of the molecule is O=C(O)CC(CCC1CCN(C(=O)c2cccc(NC3=CCC(O)CN3)c2)CC1)c1ccc2c(c1)OCO2. The van der Waals surface area contributed by atoms with E-state index in [-0.39, 0.29) is 31.1 Å². The second-order valence-electron chi connectivity index (χ2n) is 10.3. The molecule has 2 aromatic rings. The molecule has 1 fully saturated rings. The predicted molar refractivity (Wildman–Crippen MR) is 142 cm³/mol. The van der Waals surface area contributed by atoms with E-state index in [1.807, 2.05) is 53.4 Å². The van der Waals surface area contributed by atoms with E-state index in [1.165, 1.54) is 0 Å². The molecule has 1 saturated heterocycles. The first-order valence-corrected chi connectivity index (χ1v) is 13.3. The van der Waals surface area contributed by atoms with Gasteiger partial charge in [0, 0.05) is 30.9 Å². The molecule has 9 nitrogen and oxygen atoms in total. The summed E-state index contributed by atoms with van der Waals surface area (Å²) in [5.74, 6) is 1.79. The summed E-state index contributed by atoms with van der Waals surface area (Å²) in [6.07, 6.45) is 5.73. The molecule has 3 aliphatic heterocycles. The first-order valence-electron chi connectivity index (χ1n) is 13.3. The van der Waals surface area contributed by atoms with Crippen LogP contribution in [0.3, 0.4) is 0 Å². The Morgan fingerprint density at radius 3 is 2.68 bits per heavy atom. The van der Waals surface area contributed by atoms with E-state index in [9.17, 15) is 19.8 Å². The number of fused-ring (bicyclic) bond motifs is 1. The van der Waals surface area contributed by atoms with Gasteiger partial charge in [-0.05, 0) is 85.9 Å². The zero-order chi connectivity index (χ0) is 26.5. The number of aliphatic hydroxyl groups excluding tert-OH is 1. The normalized spacial score (nSPS) is 19.9. The standard InChI is InChI=1S/C29H35N3O6/c33-24-7-9-27(30-17-24)31-23-3-1-2-22(14-23)29(36)32-12-10-19(11-13-32)4-5-21(16-28(34)35)20-6-8-25-26(15-20)38-18-37-25/h1-3,6,8-9,14-15,19,21,24,30-31,33H,4-5,7,10-13,16-18H2,(H,34,35). The van der Waals surface area contributed by atoms with Gasteiger partial charge in [-0.2, -0.15) is 0 Å². The van der Waals surface area contributed by atoms with Crippen molar-refractivity contribution in [2.24, 2.45) is 5.92 Å². The highest BCUT2D eigenvalue weighted by atomic mass is 16.7. The third-order valence-electron chi connectivity index (χ3n) is 7.62. The average molecular weight is 522 g/mol. The number of β-amino-alcohol motifs (C(OH)–C–C–N with tert-alkyl or cyclic N) is 1. The third kappa shape index (κ3) is 6.39. The lowest BCUT2D eigenvalue weighted by Crippen LogP contribution is -2.38. The van der Waals surface area contributed by atoms with E-state index in [2.05, 4.69) is 10.6 Å². The molecule has 0 spiro atoms. The molecule has 0 saturated carbocycles. The van der Waals surface area contributed by atoms with Gasteiger partial charge < -0.3 is 35.2 Å². The van der Waals surface area contributed by atoms with E-state index in [0.717, 1.165) is 42.8 Å². The van der Waals surface area contributed by atoms with Gasteiger partial charge in [0.1, 0.15) is 0 Å². The lowest BCUT2D eigenvalue weighted by atomic mass is 9.84. The Kier molecular flexibility index (Phi) is 8.03. The lowest BCUT2D eigenvalue weighted by Gasteiger charge is -2.33. The number of hydrogen-bond acceptors (Lipinski definition) is 7. The molecule has 0 radical (unpaired) electrons. The van der Waals surface area contributed by atoms with Crippen molar-refractivity contribution in [2.75, 3.05) is 31.7 Å². The number of piperidine rings is 1. The maximum atomic E-state index is 13.2. The topological polar surface area (TPSA) is 120 Å². The smallest absolute Gasteiger partial charge is 0.303 e. The molecule has 2 aromatic carbocycles. The Morgan fingerprint density at radius 1 is 1.11 bits per heavy atom. The minimum absolute atomic E-state index is 0.0252. The summed E-state index contributed by atoms with van der Waals surface area (Å²) in [7, 11) is 0. The average Bonchev–Trinajstić information content (AvgIpc) is 3.40. The van der Waals surface area contributed by atoms with Gasteiger partial charge in [-0.15, -0.1) is 0 Å². The van der Waals surface area contributed by atoms with Gasteiger partial charge in [0.2, 0.25) is 6.79 Å². The number of carboxylic acids is 1. The van der Waals surface area contributed by atoms with Crippen LogP contribution < -0.4 is 20.1 Å². The van der Waals surface area contributed by atoms with Crippen molar-refractivity contribution in [2.45, 2.75) is 50.5 Å². The highest BCUT2D eigenvalue weighted by Gasteiger charge is 2.26. The fourth-order valence-corrected chi connectivity index (χ4v) is 5.43. The second-order valence-corrected chi connectivity index (χ2v) is 10.3. The number of aliphatic hydroxyl groups is 1. The summed E-state index contributed by atoms with van der Waals surface area (Å²) >= 11 is 0. The van der Waals surface area contributed by atoms with Crippen molar-refractivity contribution in [1.82, 2.24) is 10.2 Å². The molecule has 202 valence electrons. The Bertz CT molecular complexity index is 1190. The maximum absolute atomic E-state index is 13.2. The van der Waals surface area contributed by atoms with Gasteiger partial charge in [-0.3, -0.25) is 9.59 Å². The van der Waals surface area contributed by atoms with Crippen LogP contribution in [0.1, 0.15) is 60.4 Å². The second kappa shape index (κ2) is 11.8. The minimum atomic E-state index is -0.807. The van der Waals surface area contributed by atoms with Crippen molar-refractivity contribution in [3.05, 3.63) is 65.5 Å². The number of likely N-dealkylation sites (tertiary alicyclic amines) is 1. The monoisotopic (exact) mass is 521 g/mol. The van der Waals surface area contributed by atoms with E-state index in [4.69, 9.17) is 9.47 Å². The van der Waals surface area contributed by atoms with Gasteiger partial charge >= 0.3 is 5.97 Å². The number of carboxylic acid groups (broad SMARTS) is 1. The third-order valence-corrected chi connectivity index (χ3v) is 7.62. The van der Waals surface area contributed by atoms with Crippen molar-refractivity contribution < 1.29 is 29.3 Å². The molecule has 4 N–H and O–H groups in total. The molecule has 2 unspecified atom stereocenters. The quantitative estimate of drug-likeness (QED) is 0.392. The molecule has 38 heavy (non-hydrogen) atoms. The Morgan fingerprint density at radius 2 is 1.92 bits per heavy atom. The number of rotatable bonds is 9. The number of carbonyl (C=O) groups excluding carboxylic acids is 1. The number of nitrogens with one attached hydrogen (secondary N) is 2. The minimum Gasteiger partial charge on any atom is -0.481 e. The molecule has 0 bridgehead atoms. The van der Waals surface area contributed by atoms with Gasteiger partial charge in [-0.1, -0.05) is 12.1 Å². The number of amides is 1. The fourth-order valence-electron chi connectivity index (χ4n) is 5.43. The van der Waals surface area contributed by atoms with Crippen LogP contribution in [0.15, 0.2) is 54.4 Å². The van der Waals surface area contributed by atoms with Crippen LogP contribution >= 0.6 is 0 Å². The van der Waals surface area contributed by atoms with Gasteiger partial charge in [0.25, 0.3) is 5.91 Å². The Labute approximate surface area is 222 Å². The molecule has 5 rings (SSSR count). The number of anilines is 1. The van der Waals surface area contributed by atoms with Crippen LogP contribution in [0.2, 0.25) is 0 Å². The highest BCUT2D eigenvalue weighted by Crippen LogP contribution is 2.38. The van der Waals surface area contributed by atoms with Crippen LogP contribution in [0.25, 0.3) is 0 Å². The molecule has 2 atom stereocenters. The number of nitrogens with zero attached hydrogens (tertiary/aromatic N) is 1. The van der Waals surface area contributed by atoms with Crippen molar-refractivity contribution in [3.8, 4) is 11.5 Å². The van der Waals surface area contributed by atoms with Gasteiger partial charge in [-0.25, -0.2) is 0 Å².